The van der Waals surface area contributed by atoms with Gasteiger partial charge in [-0.15, -0.1) is 0 Å². The number of rotatable bonds is 6. The van der Waals surface area contributed by atoms with Crippen LogP contribution in [0, 0.1) is 5.41 Å². The zero-order valence-corrected chi connectivity index (χ0v) is 11.0. The van der Waals surface area contributed by atoms with Crippen LogP contribution in [-0.4, -0.2) is 24.8 Å². The third-order valence-electron chi connectivity index (χ3n) is 3.53. The number of unbranched alkanes of at least 4 members (excludes halogenated alkanes) is 1. The van der Waals surface area contributed by atoms with Crippen LogP contribution in [0.3, 0.4) is 0 Å². The lowest BCUT2D eigenvalue weighted by Crippen LogP contribution is -2.62. The van der Waals surface area contributed by atoms with Gasteiger partial charge in [-0.1, -0.05) is 41.0 Å². The van der Waals surface area contributed by atoms with E-state index in [1.54, 1.807) is 0 Å². The van der Waals surface area contributed by atoms with Crippen LogP contribution >= 0.6 is 0 Å². The van der Waals surface area contributed by atoms with Crippen molar-refractivity contribution in [3.05, 3.63) is 0 Å². The highest BCUT2D eigenvalue weighted by Crippen LogP contribution is 2.42. The molecule has 90 valence electrons. The smallest absolute Gasteiger partial charge is 0.0655 e. The molecule has 2 unspecified atom stereocenters. The molecule has 0 spiro atoms. The third kappa shape index (κ3) is 3.18. The molecule has 2 atom stereocenters. The summed E-state index contributed by atoms with van der Waals surface area (Å²) in [6.45, 7) is 12.2. The number of hydrogen-bond donors (Lipinski definition) is 1. The first-order valence-corrected chi connectivity index (χ1v) is 6.36. The molecule has 0 heterocycles. The molecule has 0 amide bonds. The highest BCUT2D eigenvalue weighted by atomic mass is 16.5. The monoisotopic (exact) mass is 213 g/mol. The van der Waals surface area contributed by atoms with Crippen molar-refractivity contribution >= 4 is 0 Å². The minimum Gasteiger partial charge on any atom is -0.378 e. The van der Waals surface area contributed by atoms with Gasteiger partial charge in [-0.25, -0.2) is 0 Å². The molecule has 0 saturated heterocycles. The summed E-state index contributed by atoms with van der Waals surface area (Å²) in [5.41, 5.74) is 0.304. The quantitative estimate of drug-likeness (QED) is 0.685. The average Bonchev–Trinajstić information content (AvgIpc) is 2.15. The molecule has 1 N–H and O–H groups in total. The van der Waals surface area contributed by atoms with E-state index in [1.807, 2.05) is 0 Å². The lowest BCUT2D eigenvalue weighted by Gasteiger charge is -2.52. The Kier molecular flexibility index (Phi) is 4.60. The summed E-state index contributed by atoms with van der Waals surface area (Å²) in [6, 6.07) is 1.20. The summed E-state index contributed by atoms with van der Waals surface area (Å²) < 4.78 is 5.91. The Morgan fingerprint density at radius 3 is 2.53 bits per heavy atom. The highest BCUT2D eigenvalue weighted by Gasteiger charge is 2.48. The van der Waals surface area contributed by atoms with E-state index in [-0.39, 0.29) is 0 Å². The second-order valence-electron chi connectivity index (χ2n) is 5.64. The second kappa shape index (κ2) is 5.31. The van der Waals surface area contributed by atoms with Crippen molar-refractivity contribution in [2.75, 3.05) is 6.61 Å². The second-order valence-corrected chi connectivity index (χ2v) is 5.64. The number of hydrogen-bond acceptors (Lipinski definition) is 2. The molecule has 15 heavy (non-hydrogen) atoms. The van der Waals surface area contributed by atoms with Gasteiger partial charge in [0.2, 0.25) is 0 Å². The van der Waals surface area contributed by atoms with E-state index in [1.165, 1.54) is 19.3 Å². The molecule has 0 aromatic heterocycles. The van der Waals surface area contributed by atoms with Crippen LogP contribution in [0.25, 0.3) is 0 Å². The Morgan fingerprint density at radius 2 is 2.07 bits per heavy atom. The molecule has 2 nitrogen and oxygen atoms in total. The van der Waals surface area contributed by atoms with E-state index in [9.17, 15) is 0 Å². The molecule has 0 aromatic rings. The maximum absolute atomic E-state index is 5.91. The Labute approximate surface area is 94.8 Å². The minimum absolute atomic E-state index is 0.304. The zero-order valence-electron chi connectivity index (χ0n) is 11.0. The Morgan fingerprint density at radius 1 is 1.40 bits per heavy atom. The van der Waals surface area contributed by atoms with Crippen molar-refractivity contribution in [2.45, 2.75) is 72.1 Å². The number of nitrogens with one attached hydrogen (secondary N) is 1. The Hall–Kier alpha value is -0.0800. The van der Waals surface area contributed by atoms with E-state index in [0.717, 1.165) is 6.61 Å². The van der Waals surface area contributed by atoms with Gasteiger partial charge < -0.3 is 10.1 Å². The molecule has 1 rings (SSSR count). The van der Waals surface area contributed by atoms with Gasteiger partial charge in [0.15, 0.2) is 0 Å². The molecular formula is C13H27NO. The number of ether oxygens (including phenoxy) is 1. The first kappa shape index (κ1) is 13.0. The van der Waals surface area contributed by atoms with E-state index in [0.29, 0.717) is 23.6 Å². The van der Waals surface area contributed by atoms with Gasteiger partial charge >= 0.3 is 0 Å². The normalized spacial score (nSPS) is 29.2. The minimum atomic E-state index is 0.304. The molecule has 0 bridgehead atoms. The van der Waals surface area contributed by atoms with Gasteiger partial charge in [-0.3, -0.25) is 0 Å². The van der Waals surface area contributed by atoms with Crippen molar-refractivity contribution in [1.29, 1.82) is 0 Å². The Balaban J connectivity index is 2.28. The van der Waals surface area contributed by atoms with Crippen LogP contribution in [0.4, 0.5) is 0 Å². The standard InChI is InChI=1S/C13H27NO/c1-6-7-8-15-12-9-11(13(12,4)5)14-10(2)3/h10-12,14H,6-9H2,1-5H3. The van der Waals surface area contributed by atoms with Crippen LogP contribution in [0.2, 0.25) is 0 Å². The van der Waals surface area contributed by atoms with E-state index >= 15 is 0 Å². The van der Waals surface area contributed by atoms with Crippen molar-refractivity contribution in [1.82, 2.24) is 5.32 Å². The summed E-state index contributed by atoms with van der Waals surface area (Å²) in [7, 11) is 0. The van der Waals surface area contributed by atoms with Crippen LogP contribution in [0.5, 0.6) is 0 Å². The highest BCUT2D eigenvalue weighted by molar-refractivity contribution is 5.03. The average molecular weight is 213 g/mol. The SMILES string of the molecule is CCCCOC1CC(NC(C)C)C1(C)C. The van der Waals surface area contributed by atoms with Crippen LogP contribution in [0.1, 0.15) is 53.9 Å². The van der Waals surface area contributed by atoms with Crippen molar-refractivity contribution in [2.24, 2.45) is 5.41 Å². The molecule has 1 aliphatic rings. The van der Waals surface area contributed by atoms with Gasteiger partial charge in [0.25, 0.3) is 0 Å². The maximum Gasteiger partial charge on any atom is 0.0655 e. The lowest BCUT2D eigenvalue weighted by atomic mass is 9.64. The van der Waals surface area contributed by atoms with Crippen molar-refractivity contribution < 1.29 is 4.74 Å². The summed E-state index contributed by atoms with van der Waals surface area (Å²) >= 11 is 0. The molecule has 1 aliphatic carbocycles. The van der Waals surface area contributed by atoms with Crippen molar-refractivity contribution in [3.8, 4) is 0 Å². The third-order valence-corrected chi connectivity index (χ3v) is 3.53. The lowest BCUT2D eigenvalue weighted by molar-refractivity contribution is -0.119. The predicted molar refractivity (Wildman–Crippen MR) is 65.1 cm³/mol. The summed E-state index contributed by atoms with van der Waals surface area (Å²) in [5, 5.41) is 3.61. The molecule has 0 radical (unpaired) electrons. The largest absolute Gasteiger partial charge is 0.378 e. The van der Waals surface area contributed by atoms with Gasteiger partial charge in [0.05, 0.1) is 6.10 Å². The van der Waals surface area contributed by atoms with Gasteiger partial charge in [0, 0.05) is 24.1 Å². The molecule has 2 heteroatoms. The van der Waals surface area contributed by atoms with E-state index < -0.39 is 0 Å². The first-order valence-electron chi connectivity index (χ1n) is 6.36. The predicted octanol–water partition coefficient (Wildman–Crippen LogP) is 2.97. The van der Waals surface area contributed by atoms with Gasteiger partial charge in [0.1, 0.15) is 0 Å². The van der Waals surface area contributed by atoms with E-state index in [4.69, 9.17) is 4.74 Å². The zero-order chi connectivity index (χ0) is 11.5. The summed E-state index contributed by atoms with van der Waals surface area (Å²) in [4.78, 5) is 0. The van der Waals surface area contributed by atoms with Gasteiger partial charge in [-0.05, 0) is 12.8 Å². The molecule has 0 aromatic carbocycles. The fraction of sp³-hybridized carbons (Fsp3) is 1.00. The van der Waals surface area contributed by atoms with Crippen LogP contribution in [0.15, 0.2) is 0 Å². The fourth-order valence-corrected chi connectivity index (χ4v) is 2.22. The summed E-state index contributed by atoms with van der Waals surface area (Å²) in [6.07, 6.45) is 4.05. The molecular weight excluding hydrogens is 186 g/mol. The van der Waals surface area contributed by atoms with Crippen LogP contribution < -0.4 is 5.32 Å². The summed E-state index contributed by atoms with van der Waals surface area (Å²) in [5.74, 6) is 0. The molecule has 1 fully saturated rings. The maximum atomic E-state index is 5.91. The first-order chi connectivity index (χ1) is 6.98. The molecule has 1 saturated carbocycles. The molecule has 0 aliphatic heterocycles. The topological polar surface area (TPSA) is 21.3 Å². The fourth-order valence-electron chi connectivity index (χ4n) is 2.22. The van der Waals surface area contributed by atoms with Crippen molar-refractivity contribution in [3.63, 3.8) is 0 Å². The van der Waals surface area contributed by atoms with E-state index in [2.05, 4.69) is 39.9 Å². The Bertz CT molecular complexity index is 189. The van der Waals surface area contributed by atoms with Crippen LogP contribution in [-0.2, 0) is 4.74 Å². The van der Waals surface area contributed by atoms with Gasteiger partial charge in [-0.2, -0.15) is 0 Å².